The Labute approximate surface area is 140 Å². The second-order valence-electron chi connectivity index (χ2n) is 5.10. The van der Waals surface area contributed by atoms with Gasteiger partial charge in [-0.1, -0.05) is 30.3 Å². The van der Waals surface area contributed by atoms with Crippen LogP contribution in [0.5, 0.6) is 0 Å². The number of aromatic amines is 1. The molecule has 0 saturated carbocycles. The number of halogens is 1. The standard InChI is InChI=1S/C17H11FN4OS/c18-11-6-12(15-13(7-11)19-8-20-15)16(23)22-17-14(21-9-24-17)10-4-2-1-3-5-10/h1-9H,(H,19,20)(H,22,23). The van der Waals surface area contributed by atoms with E-state index in [1.165, 1.54) is 29.8 Å². The van der Waals surface area contributed by atoms with Gasteiger partial charge in [-0.15, -0.1) is 11.3 Å². The van der Waals surface area contributed by atoms with Crippen molar-refractivity contribution in [2.24, 2.45) is 0 Å². The number of amides is 1. The first kappa shape index (κ1) is 14.5. The number of nitrogens with one attached hydrogen (secondary N) is 2. The molecule has 0 fully saturated rings. The molecular formula is C17H11FN4OS. The first-order valence-corrected chi connectivity index (χ1v) is 8.03. The van der Waals surface area contributed by atoms with E-state index in [-0.39, 0.29) is 5.56 Å². The third-order valence-electron chi connectivity index (χ3n) is 3.57. The second kappa shape index (κ2) is 5.86. The Morgan fingerprint density at radius 2 is 2.00 bits per heavy atom. The molecule has 2 aromatic heterocycles. The van der Waals surface area contributed by atoms with Crippen LogP contribution in [-0.4, -0.2) is 20.9 Å². The molecule has 0 spiro atoms. The summed E-state index contributed by atoms with van der Waals surface area (Å²) in [5, 5.41) is 3.42. The Balaban J connectivity index is 1.70. The van der Waals surface area contributed by atoms with Gasteiger partial charge in [0.2, 0.25) is 0 Å². The lowest BCUT2D eigenvalue weighted by Crippen LogP contribution is -2.12. The van der Waals surface area contributed by atoms with E-state index in [9.17, 15) is 9.18 Å². The SMILES string of the molecule is O=C(Nc1scnc1-c1ccccc1)c1cc(F)cc2[nH]cnc12. The fourth-order valence-electron chi connectivity index (χ4n) is 2.49. The van der Waals surface area contributed by atoms with Crippen LogP contribution in [-0.2, 0) is 0 Å². The fraction of sp³-hybridized carbons (Fsp3) is 0. The van der Waals surface area contributed by atoms with Crippen LogP contribution in [0.2, 0.25) is 0 Å². The molecule has 0 aliphatic rings. The van der Waals surface area contributed by atoms with E-state index in [1.807, 2.05) is 30.3 Å². The molecule has 5 nitrogen and oxygen atoms in total. The van der Waals surface area contributed by atoms with E-state index >= 15 is 0 Å². The number of imidazole rings is 1. The minimum Gasteiger partial charge on any atom is -0.344 e. The molecule has 2 aromatic carbocycles. The molecule has 0 bridgehead atoms. The van der Waals surface area contributed by atoms with E-state index in [0.29, 0.717) is 21.7 Å². The van der Waals surface area contributed by atoms with Crippen molar-refractivity contribution in [3.8, 4) is 11.3 Å². The van der Waals surface area contributed by atoms with Crippen LogP contribution < -0.4 is 5.32 Å². The van der Waals surface area contributed by atoms with Gasteiger partial charge in [0.15, 0.2) is 0 Å². The van der Waals surface area contributed by atoms with Crippen LogP contribution in [0.3, 0.4) is 0 Å². The number of rotatable bonds is 3. The largest absolute Gasteiger partial charge is 0.344 e. The Kier molecular flexibility index (Phi) is 3.55. The van der Waals surface area contributed by atoms with Gasteiger partial charge in [-0.25, -0.2) is 14.4 Å². The number of anilines is 1. The van der Waals surface area contributed by atoms with Crippen LogP contribution in [0.4, 0.5) is 9.39 Å². The molecule has 0 aliphatic carbocycles. The number of fused-ring (bicyclic) bond motifs is 1. The van der Waals surface area contributed by atoms with Crippen molar-refractivity contribution in [2.75, 3.05) is 5.32 Å². The van der Waals surface area contributed by atoms with Crippen molar-refractivity contribution in [3.05, 3.63) is 65.7 Å². The summed E-state index contributed by atoms with van der Waals surface area (Å²) in [6.45, 7) is 0. The first-order valence-electron chi connectivity index (χ1n) is 7.15. The normalized spacial score (nSPS) is 10.9. The molecular weight excluding hydrogens is 327 g/mol. The average molecular weight is 338 g/mol. The van der Waals surface area contributed by atoms with Crippen molar-refractivity contribution >= 4 is 33.3 Å². The minimum atomic E-state index is -0.496. The average Bonchev–Trinajstić information content (AvgIpc) is 3.23. The van der Waals surface area contributed by atoms with E-state index < -0.39 is 11.7 Å². The lowest BCUT2D eigenvalue weighted by molar-refractivity contribution is 0.102. The highest BCUT2D eigenvalue weighted by atomic mass is 32.1. The quantitative estimate of drug-likeness (QED) is 0.591. The topological polar surface area (TPSA) is 70.7 Å². The predicted octanol–water partition coefficient (Wildman–Crippen LogP) is 4.08. The lowest BCUT2D eigenvalue weighted by atomic mass is 10.1. The molecule has 7 heteroatoms. The maximum Gasteiger partial charge on any atom is 0.258 e. The van der Waals surface area contributed by atoms with Crippen LogP contribution in [0.15, 0.2) is 54.3 Å². The summed E-state index contributed by atoms with van der Waals surface area (Å²) in [6, 6.07) is 12.0. The second-order valence-corrected chi connectivity index (χ2v) is 5.96. The van der Waals surface area contributed by atoms with E-state index in [4.69, 9.17) is 0 Å². The number of carbonyl (C=O) groups is 1. The molecule has 4 rings (SSSR count). The van der Waals surface area contributed by atoms with E-state index in [2.05, 4.69) is 20.3 Å². The van der Waals surface area contributed by atoms with Gasteiger partial charge in [0.1, 0.15) is 22.0 Å². The zero-order valence-electron chi connectivity index (χ0n) is 12.3. The Bertz CT molecular complexity index is 1030. The third kappa shape index (κ3) is 2.55. The number of H-pyrrole nitrogens is 1. The maximum absolute atomic E-state index is 13.7. The first-order chi connectivity index (χ1) is 11.7. The molecule has 0 atom stereocenters. The highest BCUT2D eigenvalue weighted by Crippen LogP contribution is 2.31. The molecule has 0 unspecified atom stereocenters. The third-order valence-corrected chi connectivity index (χ3v) is 4.32. The number of thiazole rings is 1. The number of hydrogen-bond donors (Lipinski definition) is 2. The van der Waals surface area contributed by atoms with Crippen LogP contribution in [0.25, 0.3) is 22.3 Å². The van der Waals surface area contributed by atoms with Crippen LogP contribution in [0.1, 0.15) is 10.4 Å². The maximum atomic E-state index is 13.7. The summed E-state index contributed by atoms with van der Waals surface area (Å²) >= 11 is 1.31. The minimum absolute atomic E-state index is 0.179. The number of nitrogens with zero attached hydrogens (tertiary/aromatic N) is 2. The predicted molar refractivity (Wildman–Crippen MR) is 91.6 cm³/mol. The van der Waals surface area contributed by atoms with Gasteiger partial charge < -0.3 is 10.3 Å². The van der Waals surface area contributed by atoms with Crippen LogP contribution >= 0.6 is 11.3 Å². The van der Waals surface area contributed by atoms with Crippen molar-refractivity contribution < 1.29 is 9.18 Å². The number of hydrogen-bond acceptors (Lipinski definition) is 4. The molecule has 2 heterocycles. The molecule has 1 amide bonds. The summed E-state index contributed by atoms with van der Waals surface area (Å²) in [7, 11) is 0. The van der Waals surface area contributed by atoms with E-state index in [0.717, 1.165) is 5.56 Å². The van der Waals surface area contributed by atoms with Crippen molar-refractivity contribution in [3.63, 3.8) is 0 Å². The van der Waals surface area contributed by atoms with Gasteiger partial charge >= 0.3 is 0 Å². The number of benzene rings is 2. The summed E-state index contributed by atoms with van der Waals surface area (Å²) in [5.41, 5.74) is 4.33. The highest BCUT2D eigenvalue weighted by molar-refractivity contribution is 7.14. The summed E-state index contributed by atoms with van der Waals surface area (Å²) in [4.78, 5) is 23.8. The molecule has 0 saturated heterocycles. The summed E-state index contributed by atoms with van der Waals surface area (Å²) in [6.07, 6.45) is 1.43. The van der Waals surface area contributed by atoms with E-state index in [1.54, 1.807) is 5.51 Å². The summed E-state index contributed by atoms with van der Waals surface area (Å²) < 4.78 is 13.7. The van der Waals surface area contributed by atoms with Crippen molar-refractivity contribution in [1.29, 1.82) is 0 Å². The molecule has 2 N–H and O–H groups in total. The van der Waals surface area contributed by atoms with Crippen LogP contribution in [0, 0.1) is 5.82 Å². The smallest absolute Gasteiger partial charge is 0.258 e. The van der Waals surface area contributed by atoms with Gasteiger partial charge in [-0.3, -0.25) is 4.79 Å². The van der Waals surface area contributed by atoms with Gasteiger partial charge in [0.25, 0.3) is 5.91 Å². The molecule has 24 heavy (non-hydrogen) atoms. The zero-order valence-corrected chi connectivity index (χ0v) is 13.1. The monoisotopic (exact) mass is 338 g/mol. The lowest BCUT2D eigenvalue weighted by Gasteiger charge is -2.06. The zero-order chi connectivity index (χ0) is 16.5. The van der Waals surface area contributed by atoms with Crippen molar-refractivity contribution in [2.45, 2.75) is 0 Å². The van der Waals surface area contributed by atoms with Crippen molar-refractivity contribution in [1.82, 2.24) is 15.0 Å². The Hall–Kier alpha value is -3.06. The van der Waals surface area contributed by atoms with Gasteiger partial charge in [0, 0.05) is 5.56 Å². The summed E-state index contributed by atoms with van der Waals surface area (Å²) in [5.74, 6) is -0.919. The molecule has 4 aromatic rings. The Morgan fingerprint density at radius 1 is 1.17 bits per heavy atom. The van der Waals surface area contributed by atoms with Gasteiger partial charge in [0.05, 0.1) is 22.9 Å². The molecule has 118 valence electrons. The fourth-order valence-corrected chi connectivity index (χ4v) is 3.19. The number of aromatic nitrogens is 3. The van der Waals surface area contributed by atoms with Gasteiger partial charge in [-0.05, 0) is 12.1 Å². The molecule has 0 radical (unpaired) electrons. The number of carbonyl (C=O) groups excluding carboxylic acids is 1. The Morgan fingerprint density at radius 3 is 2.83 bits per heavy atom. The highest BCUT2D eigenvalue weighted by Gasteiger charge is 2.17. The van der Waals surface area contributed by atoms with Gasteiger partial charge in [-0.2, -0.15) is 0 Å². The molecule has 0 aliphatic heterocycles.